The number of aryl methyl sites for hydroxylation is 1. The van der Waals surface area contributed by atoms with E-state index in [1.54, 1.807) is 6.20 Å². The highest BCUT2D eigenvalue weighted by Gasteiger charge is 2.41. The normalized spacial score (nSPS) is 18.0. The lowest BCUT2D eigenvalue weighted by Gasteiger charge is -2.27. The van der Waals surface area contributed by atoms with Gasteiger partial charge in [0.1, 0.15) is 6.04 Å². The van der Waals surface area contributed by atoms with Crippen molar-refractivity contribution in [3.63, 3.8) is 0 Å². The molecule has 1 aliphatic rings. The zero-order valence-electron chi connectivity index (χ0n) is 13.2. The summed E-state index contributed by atoms with van der Waals surface area (Å²) in [4.78, 5) is 43.2. The molecule has 2 heterocycles. The van der Waals surface area contributed by atoms with Crippen molar-refractivity contribution in [2.45, 2.75) is 39.2 Å². The molecule has 6 heteroatoms. The van der Waals surface area contributed by atoms with Crippen LogP contribution in [0, 0.1) is 6.92 Å². The van der Waals surface area contributed by atoms with E-state index in [9.17, 15) is 14.4 Å². The predicted octanol–water partition coefficient (Wildman–Crippen LogP) is 0.928. The van der Waals surface area contributed by atoms with Crippen molar-refractivity contribution in [2.24, 2.45) is 0 Å². The number of imide groups is 1. The molecule has 0 radical (unpaired) electrons. The second-order valence-electron chi connectivity index (χ2n) is 5.58. The summed E-state index contributed by atoms with van der Waals surface area (Å²) in [6.07, 6.45) is 2.67. The van der Waals surface area contributed by atoms with Gasteiger partial charge in [-0.3, -0.25) is 24.3 Å². The van der Waals surface area contributed by atoms with Crippen LogP contribution in [-0.2, 0) is 20.8 Å². The van der Waals surface area contributed by atoms with Crippen molar-refractivity contribution in [2.75, 3.05) is 13.6 Å². The highest BCUT2D eigenvalue weighted by molar-refractivity contribution is 6.06. The van der Waals surface area contributed by atoms with E-state index in [4.69, 9.17) is 0 Å². The zero-order chi connectivity index (χ0) is 16.3. The molecule has 1 aliphatic heterocycles. The van der Waals surface area contributed by atoms with Crippen molar-refractivity contribution in [3.05, 3.63) is 29.6 Å². The van der Waals surface area contributed by atoms with Gasteiger partial charge in [-0.15, -0.1) is 0 Å². The van der Waals surface area contributed by atoms with Crippen LogP contribution in [0.5, 0.6) is 0 Å². The van der Waals surface area contributed by atoms with Crippen LogP contribution < -0.4 is 0 Å². The number of carbonyl (C=O) groups is 3. The van der Waals surface area contributed by atoms with Crippen LogP contribution in [0.25, 0.3) is 0 Å². The Hall–Kier alpha value is -2.24. The van der Waals surface area contributed by atoms with Crippen molar-refractivity contribution < 1.29 is 14.4 Å². The summed E-state index contributed by atoms with van der Waals surface area (Å²) >= 11 is 0. The molecule has 1 fully saturated rings. The van der Waals surface area contributed by atoms with Gasteiger partial charge in [-0.05, 0) is 25.0 Å². The van der Waals surface area contributed by atoms with Gasteiger partial charge in [-0.1, -0.05) is 13.0 Å². The second kappa shape index (κ2) is 6.68. The lowest BCUT2D eigenvalue weighted by Crippen LogP contribution is -2.45. The van der Waals surface area contributed by atoms with E-state index in [-0.39, 0.29) is 30.6 Å². The van der Waals surface area contributed by atoms with Gasteiger partial charge in [0.2, 0.25) is 11.8 Å². The first-order valence-electron chi connectivity index (χ1n) is 7.45. The van der Waals surface area contributed by atoms with Crippen molar-refractivity contribution >= 4 is 17.7 Å². The van der Waals surface area contributed by atoms with Crippen LogP contribution in [0.3, 0.4) is 0 Å². The van der Waals surface area contributed by atoms with E-state index in [0.29, 0.717) is 6.54 Å². The monoisotopic (exact) mass is 303 g/mol. The molecule has 1 aromatic heterocycles. The highest BCUT2D eigenvalue weighted by Crippen LogP contribution is 2.19. The van der Waals surface area contributed by atoms with E-state index >= 15 is 0 Å². The first-order valence-corrected chi connectivity index (χ1v) is 7.45. The Bertz CT molecular complexity index is 583. The zero-order valence-corrected chi connectivity index (χ0v) is 13.2. The topological polar surface area (TPSA) is 70.6 Å². The van der Waals surface area contributed by atoms with Crippen LogP contribution in [0.2, 0.25) is 0 Å². The molecule has 3 amide bonds. The molecule has 0 bridgehead atoms. The Morgan fingerprint density at radius 1 is 1.41 bits per heavy atom. The van der Waals surface area contributed by atoms with Crippen molar-refractivity contribution in [3.8, 4) is 0 Å². The van der Waals surface area contributed by atoms with Gasteiger partial charge in [0.25, 0.3) is 5.91 Å². The number of hydrogen-bond donors (Lipinski definition) is 0. The van der Waals surface area contributed by atoms with Gasteiger partial charge in [0.15, 0.2) is 0 Å². The predicted molar refractivity (Wildman–Crippen MR) is 80.9 cm³/mol. The number of amides is 3. The maximum atomic E-state index is 12.5. The first-order chi connectivity index (χ1) is 10.4. The molecular weight excluding hydrogens is 282 g/mol. The van der Waals surface area contributed by atoms with E-state index in [1.807, 2.05) is 26.0 Å². The molecule has 6 nitrogen and oxygen atoms in total. The average molecular weight is 303 g/mol. The Kier molecular flexibility index (Phi) is 4.90. The molecule has 0 N–H and O–H groups in total. The van der Waals surface area contributed by atoms with Gasteiger partial charge in [0.05, 0.1) is 12.8 Å². The molecule has 118 valence electrons. The molecule has 2 rings (SSSR count). The molecule has 1 aromatic rings. The molecule has 0 aromatic carbocycles. The molecule has 0 spiro atoms. The standard InChI is InChI=1S/C16H21N3O3/c1-4-7-19(13-9-14(20)18(3)16(13)22)15(21)8-12-6-5-11(2)17-10-12/h5-6,10,13H,4,7-9H2,1-3H3/t13-/m0/s1. The van der Waals surface area contributed by atoms with Crippen molar-refractivity contribution in [1.29, 1.82) is 0 Å². The molecule has 1 atom stereocenters. The first kappa shape index (κ1) is 16.1. The number of carbonyl (C=O) groups excluding carboxylic acids is 3. The lowest BCUT2D eigenvalue weighted by atomic mass is 10.1. The average Bonchev–Trinajstić information content (AvgIpc) is 2.74. The van der Waals surface area contributed by atoms with E-state index in [2.05, 4.69) is 4.98 Å². The number of pyridine rings is 1. The van der Waals surface area contributed by atoms with Gasteiger partial charge in [0, 0.05) is 25.5 Å². The van der Waals surface area contributed by atoms with Crippen LogP contribution in [-0.4, -0.2) is 52.1 Å². The summed E-state index contributed by atoms with van der Waals surface area (Å²) in [5, 5.41) is 0. The molecule has 0 saturated carbocycles. The fourth-order valence-electron chi connectivity index (χ4n) is 2.55. The quantitative estimate of drug-likeness (QED) is 0.759. The van der Waals surface area contributed by atoms with E-state index in [0.717, 1.165) is 22.6 Å². The van der Waals surface area contributed by atoms with E-state index < -0.39 is 6.04 Å². The third-order valence-corrected chi connectivity index (χ3v) is 3.85. The van der Waals surface area contributed by atoms with Crippen LogP contribution in [0.1, 0.15) is 31.0 Å². The maximum Gasteiger partial charge on any atom is 0.252 e. The minimum absolute atomic E-state index is 0.0766. The number of likely N-dealkylation sites (N-methyl/N-ethyl adjacent to an activating group) is 1. The van der Waals surface area contributed by atoms with Crippen molar-refractivity contribution in [1.82, 2.24) is 14.8 Å². The number of nitrogens with zero attached hydrogens (tertiary/aromatic N) is 3. The summed E-state index contributed by atoms with van der Waals surface area (Å²) < 4.78 is 0. The lowest BCUT2D eigenvalue weighted by molar-refractivity contribution is -0.143. The van der Waals surface area contributed by atoms with Crippen LogP contribution in [0.15, 0.2) is 18.3 Å². The fourth-order valence-corrected chi connectivity index (χ4v) is 2.55. The van der Waals surface area contributed by atoms with Gasteiger partial charge in [-0.25, -0.2) is 0 Å². The molecule has 22 heavy (non-hydrogen) atoms. The number of aromatic nitrogens is 1. The Balaban J connectivity index is 2.13. The smallest absolute Gasteiger partial charge is 0.252 e. The number of rotatable bonds is 5. The fraction of sp³-hybridized carbons (Fsp3) is 0.500. The second-order valence-corrected chi connectivity index (χ2v) is 5.58. The summed E-state index contributed by atoms with van der Waals surface area (Å²) in [6.45, 7) is 4.29. The minimum Gasteiger partial charge on any atom is -0.330 e. The van der Waals surface area contributed by atoms with Crippen LogP contribution in [0.4, 0.5) is 0 Å². The SMILES string of the molecule is CCCN(C(=O)Cc1ccc(C)nc1)[C@H]1CC(=O)N(C)C1=O. The Labute approximate surface area is 130 Å². The third-order valence-electron chi connectivity index (χ3n) is 3.85. The maximum absolute atomic E-state index is 12.5. The minimum atomic E-state index is -0.664. The molecule has 0 aliphatic carbocycles. The Morgan fingerprint density at radius 3 is 2.64 bits per heavy atom. The summed E-state index contributed by atoms with van der Waals surface area (Å²) in [6, 6.07) is 3.05. The van der Waals surface area contributed by atoms with Crippen LogP contribution >= 0.6 is 0 Å². The molecular formula is C16H21N3O3. The molecule has 0 unspecified atom stereocenters. The molecule has 1 saturated heterocycles. The summed E-state index contributed by atoms with van der Waals surface area (Å²) in [5.41, 5.74) is 1.70. The third kappa shape index (κ3) is 3.32. The summed E-state index contributed by atoms with van der Waals surface area (Å²) in [7, 11) is 1.46. The van der Waals surface area contributed by atoms with Gasteiger partial charge in [-0.2, -0.15) is 0 Å². The van der Waals surface area contributed by atoms with Gasteiger partial charge < -0.3 is 4.90 Å². The number of hydrogen-bond acceptors (Lipinski definition) is 4. The highest BCUT2D eigenvalue weighted by atomic mass is 16.2. The number of likely N-dealkylation sites (tertiary alicyclic amines) is 1. The largest absolute Gasteiger partial charge is 0.330 e. The van der Waals surface area contributed by atoms with E-state index in [1.165, 1.54) is 11.9 Å². The Morgan fingerprint density at radius 2 is 2.14 bits per heavy atom. The van der Waals surface area contributed by atoms with Gasteiger partial charge >= 0.3 is 0 Å². The summed E-state index contributed by atoms with van der Waals surface area (Å²) in [5.74, 6) is -0.677.